The van der Waals surface area contributed by atoms with E-state index in [2.05, 4.69) is 0 Å². The lowest BCUT2D eigenvalue weighted by molar-refractivity contribution is -0.167. The van der Waals surface area contributed by atoms with E-state index < -0.39 is 6.10 Å². The van der Waals surface area contributed by atoms with Crippen molar-refractivity contribution in [3.63, 3.8) is 0 Å². The highest BCUT2D eigenvalue weighted by Gasteiger charge is 2.42. The number of likely N-dealkylation sites (N-methyl/N-ethyl adjacent to an activating group) is 1. The molecule has 0 radical (unpaired) electrons. The largest absolute Gasteiger partial charge is 0.356 e. The Morgan fingerprint density at radius 3 is 2.46 bits per heavy atom. The zero-order valence-electron chi connectivity index (χ0n) is 14.5. The van der Waals surface area contributed by atoms with E-state index >= 15 is 0 Å². The van der Waals surface area contributed by atoms with E-state index in [9.17, 15) is 9.59 Å². The molecular formula is C19H26N2O3. The summed E-state index contributed by atoms with van der Waals surface area (Å²) in [4.78, 5) is 28.9. The number of hydrogen-bond donors (Lipinski definition) is 0. The number of ether oxygens (including phenoxy) is 1. The van der Waals surface area contributed by atoms with Crippen LogP contribution in [0.3, 0.4) is 0 Å². The summed E-state index contributed by atoms with van der Waals surface area (Å²) in [7, 11) is 1.77. The maximum atomic E-state index is 13.1. The number of rotatable bonds is 2. The molecule has 0 bridgehead atoms. The molecule has 0 spiro atoms. The van der Waals surface area contributed by atoms with Gasteiger partial charge in [0.2, 0.25) is 5.91 Å². The quantitative estimate of drug-likeness (QED) is 0.836. The summed E-state index contributed by atoms with van der Waals surface area (Å²) >= 11 is 0. The number of amides is 2. The fourth-order valence-corrected chi connectivity index (χ4v) is 3.68. The van der Waals surface area contributed by atoms with Crippen LogP contribution in [0.15, 0.2) is 24.3 Å². The molecule has 2 heterocycles. The summed E-state index contributed by atoms with van der Waals surface area (Å²) in [6, 6.07) is 7.55. The number of hydrogen-bond acceptors (Lipinski definition) is 3. The van der Waals surface area contributed by atoms with Gasteiger partial charge in [-0.2, -0.15) is 0 Å². The van der Waals surface area contributed by atoms with Crippen molar-refractivity contribution in [3.05, 3.63) is 35.4 Å². The lowest BCUT2D eigenvalue weighted by Gasteiger charge is -2.40. The van der Waals surface area contributed by atoms with Gasteiger partial charge in [0.15, 0.2) is 6.10 Å². The Labute approximate surface area is 143 Å². The normalized spacial score (nSPS) is 25.5. The number of nitrogens with zero attached hydrogens (tertiary/aromatic N) is 2. The van der Waals surface area contributed by atoms with Crippen molar-refractivity contribution in [1.82, 2.24) is 9.80 Å². The van der Waals surface area contributed by atoms with Crippen LogP contribution in [0.25, 0.3) is 0 Å². The molecule has 1 aromatic rings. The number of benzene rings is 1. The maximum absolute atomic E-state index is 13.1. The molecule has 5 heteroatoms. The van der Waals surface area contributed by atoms with E-state index in [1.807, 2.05) is 36.1 Å². The summed E-state index contributed by atoms with van der Waals surface area (Å²) in [6.45, 7) is 3.56. The van der Waals surface area contributed by atoms with E-state index in [-0.39, 0.29) is 24.5 Å². The van der Waals surface area contributed by atoms with Gasteiger partial charge in [-0.3, -0.25) is 9.59 Å². The van der Waals surface area contributed by atoms with Gasteiger partial charge in [-0.25, -0.2) is 0 Å². The molecule has 2 aliphatic rings. The molecule has 0 aromatic heterocycles. The van der Waals surface area contributed by atoms with E-state index in [0.29, 0.717) is 0 Å². The first-order chi connectivity index (χ1) is 11.6. The van der Waals surface area contributed by atoms with E-state index in [1.165, 1.54) is 12.8 Å². The van der Waals surface area contributed by atoms with Crippen LogP contribution >= 0.6 is 0 Å². The van der Waals surface area contributed by atoms with Crippen LogP contribution in [0.1, 0.15) is 42.9 Å². The Bertz CT molecular complexity index is 608. The predicted molar refractivity (Wildman–Crippen MR) is 91.5 cm³/mol. The molecule has 2 atom stereocenters. The highest BCUT2D eigenvalue weighted by atomic mass is 16.5. The highest BCUT2D eigenvalue weighted by Crippen LogP contribution is 2.32. The van der Waals surface area contributed by atoms with Crippen molar-refractivity contribution in [3.8, 4) is 0 Å². The molecule has 0 saturated carbocycles. The lowest BCUT2D eigenvalue weighted by atomic mass is 9.93. The van der Waals surface area contributed by atoms with E-state index in [0.717, 1.165) is 37.1 Å². The van der Waals surface area contributed by atoms with Crippen LogP contribution in [0.2, 0.25) is 0 Å². The Morgan fingerprint density at radius 1 is 1.12 bits per heavy atom. The first-order valence-electron chi connectivity index (χ1n) is 8.81. The molecule has 5 nitrogen and oxygen atoms in total. The molecule has 1 aromatic carbocycles. The van der Waals surface area contributed by atoms with Gasteiger partial charge in [0.05, 0.1) is 6.04 Å². The minimum absolute atomic E-state index is 0.0181. The standard InChI is InChI=1S/C19H26N2O3/c1-14-9-5-6-10-15(14)17-18(24-13-16(22)20(17)2)19(23)21-11-7-3-4-8-12-21/h5-6,9-10,17-18H,3-4,7-8,11-13H2,1-2H3/t17-,18+/m1/s1. The fraction of sp³-hybridized carbons (Fsp3) is 0.579. The van der Waals surface area contributed by atoms with Gasteiger partial charge in [-0.05, 0) is 30.9 Å². The molecule has 2 saturated heterocycles. The topological polar surface area (TPSA) is 49.9 Å². The van der Waals surface area contributed by atoms with Crippen molar-refractivity contribution in [2.75, 3.05) is 26.7 Å². The Hall–Kier alpha value is -1.88. The smallest absolute Gasteiger partial charge is 0.254 e. The van der Waals surface area contributed by atoms with Crippen LogP contribution < -0.4 is 0 Å². The summed E-state index contributed by atoms with van der Waals surface area (Å²) in [5.41, 5.74) is 2.06. The Kier molecular flexibility index (Phi) is 5.19. The molecule has 2 amide bonds. The van der Waals surface area contributed by atoms with Crippen LogP contribution in [0, 0.1) is 6.92 Å². The monoisotopic (exact) mass is 330 g/mol. The molecule has 2 aliphatic heterocycles. The fourth-order valence-electron chi connectivity index (χ4n) is 3.68. The lowest BCUT2D eigenvalue weighted by Crippen LogP contribution is -2.54. The first-order valence-corrected chi connectivity index (χ1v) is 8.81. The third-order valence-corrected chi connectivity index (χ3v) is 5.15. The van der Waals surface area contributed by atoms with Crippen molar-refractivity contribution in [2.45, 2.75) is 44.8 Å². The minimum atomic E-state index is -0.619. The second-order valence-corrected chi connectivity index (χ2v) is 6.78. The van der Waals surface area contributed by atoms with Crippen LogP contribution in [0.4, 0.5) is 0 Å². The number of morpholine rings is 1. The third-order valence-electron chi connectivity index (χ3n) is 5.15. The molecule has 0 N–H and O–H groups in total. The van der Waals surface area contributed by atoms with Gasteiger partial charge in [0, 0.05) is 20.1 Å². The van der Waals surface area contributed by atoms with Crippen LogP contribution in [-0.2, 0) is 14.3 Å². The van der Waals surface area contributed by atoms with Crippen LogP contribution in [0.5, 0.6) is 0 Å². The van der Waals surface area contributed by atoms with Crippen molar-refractivity contribution in [2.24, 2.45) is 0 Å². The van der Waals surface area contributed by atoms with Gasteiger partial charge >= 0.3 is 0 Å². The van der Waals surface area contributed by atoms with Crippen molar-refractivity contribution in [1.29, 1.82) is 0 Å². The number of carbonyl (C=O) groups excluding carboxylic acids is 2. The molecule has 130 valence electrons. The summed E-state index contributed by atoms with van der Waals surface area (Å²) in [6.07, 6.45) is 3.82. The average molecular weight is 330 g/mol. The van der Waals surface area contributed by atoms with Crippen molar-refractivity contribution >= 4 is 11.8 Å². The third kappa shape index (κ3) is 3.31. The van der Waals surface area contributed by atoms with Gasteiger partial charge in [-0.15, -0.1) is 0 Å². The zero-order chi connectivity index (χ0) is 17.1. The highest BCUT2D eigenvalue weighted by molar-refractivity contribution is 5.86. The zero-order valence-corrected chi connectivity index (χ0v) is 14.5. The predicted octanol–water partition coefficient (Wildman–Crippen LogP) is 2.30. The molecule has 2 fully saturated rings. The van der Waals surface area contributed by atoms with Gasteiger partial charge in [-0.1, -0.05) is 37.1 Å². The number of carbonyl (C=O) groups is 2. The first kappa shape index (κ1) is 17.0. The molecule has 0 unspecified atom stereocenters. The summed E-state index contributed by atoms with van der Waals surface area (Å²) in [5, 5.41) is 0. The molecular weight excluding hydrogens is 304 g/mol. The summed E-state index contributed by atoms with van der Waals surface area (Å²) < 4.78 is 5.76. The Morgan fingerprint density at radius 2 is 1.79 bits per heavy atom. The SMILES string of the molecule is Cc1ccccc1[C@@H]1[C@@H](C(=O)N2CCCCCC2)OCC(=O)N1C. The van der Waals surface area contributed by atoms with Gasteiger partial charge in [0.1, 0.15) is 6.61 Å². The van der Waals surface area contributed by atoms with Gasteiger partial charge in [0.25, 0.3) is 5.91 Å². The summed E-state index contributed by atoms with van der Waals surface area (Å²) in [5.74, 6) is -0.0623. The van der Waals surface area contributed by atoms with Crippen LogP contribution in [-0.4, -0.2) is 54.5 Å². The molecule has 0 aliphatic carbocycles. The van der Waals surface area contributed by atoms with E-state index in [4.69, 9.17) is 4.74 Å². The average Bonchev–Trinajstić information content (AvgIpc) is 2.87. The second kappa shape index (κ2) is 7.34. The Balaban J connectivity index is 1.90. The van der Waals surface area contributed by atoms with E-state index in [1.54, 1.807) is 11.9 Å². The van der Waals surface area contributed by atoms with Gasteiger partial charge < -0.3 is 14.5 Å². The molecule has 24 heavy (non-hydrogen) atoms. The number of aryl methyl sites for hydroxylation is 1. The van der Waals surface area contributed by atoms with Crippen molar-refractivity contribution < 1.29 is 14.3 Å². The molecule has 3 rings (SSSR count). The number of likely N-dealkylation sites (tertiary alicyclic amines) is 1. The minimum Gasteiger partial charge on any atom is -0.356 e. The maximum Gasteiger partial charge on any atom is 0.254 e. The second-order valence-electron chi connectivity index (χ2n) is 6.78.